The van der Waals surface area contributed by atoms with Crippen LogP contribution in [0.25, 0.3) is 6.08 Å². The molecule has 0 bridgehead atoms. The number of allylic oxidation sites excluding steroid dienone is 1. The van der Waals surface area contributed by atoms with Crippen molar-refractivity contribution in [1.82, 2.24) is 4.57 Å². The molecule has 0 amide bonds. The SMILES string of the molecule is CC1=C(C(=O)OCc2ccccc2)C(c2cccs2)n2c(sc(=Cc3ccc(Cl)cc3Cl)c2=O)=N1. The van der Waals surface area contributed by atoms with Gasteiger partial charge < -0.3 is 4.74 Å². The van der Waals surface area contributed by atoms with Crippen molar-refractivity contribution in [3.05, 3.63) is 123 Å². The van der Waals surface area contributed by atoms with Crippen molar-refractivity contribution in [3.8, 4) is 0 Å². The van der Waals surface area contributed by atoms with E-state index in [1.807, 2.05) is 47.8 Å². The maximum atomic E-state index is 13.6. The molecule has 5 rings (SSSR count). The number of benzene rings is 2. The van der Waals surface area contributed by atoms with Gasteiger partial charge in [0.25, 0.3) is 5.56 Å². The highest BCUT2D eigenvalue weighted by atomic mass is 35.5. The lowest BCUT2D eigenvalue weighted by atomic mass is 10.0. The highest BCUT2D eigenvalue weighted by Gasteiger charge is 2.34. The van der Waals surface area contributed by atoms with Gasteiger partial charge in [0.1, 0.15) is 12.6 Å². The number of ether oxygens (including phenoxy) is 1. The predicted molar refractivity (Wildman–Crippen MR) is 141 cm³/mol. The van der Waals surface area contributed by atoms with Crippen LogP contribution in [0.3, 0.4) is 0 Å². The van der Waals surface area contributed by atoms with Crippen LogP contribution in [-0.2, 0) is 16.1 Å². The van der Waals surface area contributed by atoms with E-state index >= 15 is 0 Å². The minimum absolute atomic E-state index is 0.132. The van der Waals surface area contributed by atoms with Crippen molar-refractivity contribution >= 4 is 57.9 Å². The summed E-state index contributed by atoms with van der Waals surface area (Å²) >= 11 is 15.1. The average Bonchev–Trinajstić information content (AvgIpc) is 3.48. The maximum Gasteiger partial charge on any atom is 0.338 e. The van der Waals surface area contributed by atoms with Crippen molar-refractivity contribution in [2.75, 3.05) is 0 Å². The molecule has 0 radical (unpaired) electrons. The zero-order valence-electron chi connectivity index (χ0n) is 18.4. The van der Waals surface area contributed by atoms with E-state index < -0.39 is 12.0 Å². The zero-order valence-corrected chi connectivity index (χ0v) is 21.5. The number of aromatic nitrogens is 1. The third-order valence-electron chi connectivity index (χ3n) is 5.52. The molecular formula is C26H18Cl2N2O3S2. The quantitative estimate of drug-likeness (QED) is 0.320. The normalized spacial score (nSPS) is 15.6. The fraction of sp³-hybridized carbons (Fsp3) is 0.115. The van der Waals surface area contributed by atoms with Gasteiger partial charge in [-0.2, -0.15) is 0 Å². The Kier molecular flexibility index (Phi) is 6.75. The standard InChI is InChI=1S/C26H18Cl2N2O3S2/c1-15-22(25(32)33-14-16-6-3-2-4-7-16)23(20-8-5-11-34-20)30-24(31)21(35-26(30)29-15)12-17-9-10-18(27)13-19(17)28/h2-13,23H,14H2,1H3. The first-order valence-corrected chi connectivity index (χ1v) is 13.1. The summed E-state index contributed by atoms with van der Waals surface area (Å²) in [6, 6.07) is 17.7. The molecule has 35 heavy (non-hydrogen) atoms. The lowest BCUT2D eigenvalue weighted by Crippen LogP contribution is -2.39. The van der Waals surface area contributed by atoms with Gasteiger partial charge in [-0.05, 0) is 47.7 Å². The van der Waals surface area contributed by atoms with Gasteiger partial charge in [-0.15, -0.1) is 11.3 Å². The second kappa shape index (κ2) is 9.95. The first-order valence-electron chi connectivity index (χ1n) is 10.6. The monoisotopic (exact) mass is 540 g/mol. The lowest BCUT2D eigenvalue weighted by molar-refractivity contribution is -0.140. The largest absolute Gasteiger partial charge is 0.457 e. The van der Waals surface area contributed by atoms with Gasteiger partial charge in [-0.3, -0.25) is 9.36 Å². The Balaban J connectivity index is 1.59. The summed E-state index contributed by atoms with van der Waals surface area (Å²) in [4.78, 5) is 32.9. The van der Waals surface area contributed by atoms with Crippen LogP contribution in [0.15, 0.2) is 87.1 Å². The summed E-state index contributed by atoms with van der Waals surface area (Å²) in [5.74, 6) is -0.497. The Morgan fingerprint density at radius 1 is 1.14 bits per heavy atom. The molecule has 0 aliphatic carbocycles. The van der Waals surface area contributed by atoms with Crippen molar-refractivity contribution in [2.45, 2.75) is 19.6 Å². The smallest absolute Gasteiger partial charge is 0.338 e. The number of rotatable bonds is 5. The van der Waals surface area contributed by atoms with Gasteiger partial charge in [-0.1, -0.05) is 77.0 Å². The fourth-order valence-corrected chi connectivity index (χ4v) is 6.18. The number of thiazole rings is 1. The summed E-state index contributed by atoms with van der Waals surface area (Å²) in [6.07, 6.45) is 1.72. The molecule has 176 valence electrons. The molecule has 0 fully saturated rings. The summed E-state index contributed by atoms with van der Waals surface area (Å²) in [5, 5.41) is 2.88. The minimum Gasteiger partial charge on any atom is -0.457 e. The molecule has 0 spiro atoms. The fourth-order valence-electron chi connectivity index (χ4n) is 3.86. The Morgan fingerprint density at radius 2 is 1.94 bits per heavy atom. The van der Waals surface area contributed by atoms with Crippen LogP contribution >= 0.6 is 45.9 Å². The van der Waals surface area contributed by atoms with Crippen molar-refractivity contribution in [3.63, 3.8) is 0 Å². The Hall–Kier alpha value is -2.97. The van der Waals surface area contributed by atoms with Crippen LogP contribution in [0.2, 0.25) is 10.0 Å². The Labute approximate surface area is 218 Å². The van der Waals surface area contributed by atoms with E-state index in [-0.39, 0.29) is 12.2 Å². The average molecular weight is 541 g/mol. The van der Waals surface area contributed by atoms with E-state index in [0.717, 1.165) is 10.4 Å². The molecule has 0 N–H and O–H groups in total. The first-order chi connectivity index (χ1) is 16.9. The molecule has 1 unspecified atom stereocenters. The van der Waals surface area contributed by atoms with E-state index in [1.54, 1.807) is 35.8 Å². The van der Waals surface area contributed by atoms with Crippen LogP contribution in [0.5, 0.6) is 0 Å². The summed E-state index contributed by atoms with van der Waals surface area (Å²) in [6.45, 7) is 1.90. The summed E-state index contributed by atoms with van der Waals surface area (Å²) < 4.78 is 7.68. The van der Waals surface area contributed by atoms with Crippen LogP contribution in [0, 0.1) is 0 Å². The molecule has 2 aromatic heterocycles. The number of carbonyl (C=O) groups is 1. The second-order valence-corrected chi connectivity index (χ2v) is 10.7. The number of esters is 1. The van der Waals surface area contributed by atoms with Gasteiger partial charge in [0.15, 0.2) is 4.80 Å². The van der Waals surface area contributed by atoms with Gasteiger partial charge in [0.05, 0.1) is 15.8 Å². The summed E-state index contributed by atoms with van der Waals surface area (Å²) in [5.41, 5.74) is 2.18. The van der Waals surface area contributed by atoms with Crippen molar-refractivity contribution < 1.29 is 9.53 Å². The highest BCUT2D eigenvalue weighted by molar-refractivity contribution is 7.10. The van der Waals surface area contributed by atoms with Crippen LogP contribution in [0.4, 0.5) is 0 Å². The van der Waals surface area contributed by atoms with Crippen LogP contribution in [0.1, 0.15) is 29.0 Å². The summed E-state index contributed by atoms with van der Waals surface area (Å²) in [7, 11) is 0. The molecule has 4 aromatic rings. The number of fused-ring (bicyclic) bond motifs is 1. The van der Waals surface area contributed by atoms with E-state index in [0.29, 0.717) is 36.2 Å². The molecule has 3 heterocycles. The number of halogens is 2. The Morgan fingerprint density at radius 3 is 2.66 bits per heavy atom. The van der Waals surface area contributed by atoms with Crippen LogP contribution < -0.4 is 14.9 Å². The van der Waals surface area contributed by atoms with Crippen molar-refractivity contribution in [1.29, 1.82) is 0 Å². The molecule has 0 saturated heterocycles. The molecule has 0 saturated carbocycles. The first kappa shape index (κ1) is 23.8. The zero-order chi connectivity index (χ0) is 24.5. The molecular weight excluding hydrogens is 523 g/mol. The van der Waals surface area contributed by atoms with Gasteiger partial charge in [0.2, 0.25) is 0 Å². The molecule has 5 nitrogen and oxygen atoms in total. The highest BCUT2D eigenvalue weighted by Crippen LogP contribution is 2.33. The molecule has 1 aliphatic heterocycles. The van der Waals surface area contributed by atoms with Crippen LogP contribution in [-0.4, -0.2) is 10.5 Å². The third-order valence-corrected chi connectivity index (χ3v) is 7.99. The number of hydrogen-bond acceptors (Lipinski definition) is 6. The predicted octanol–water partition coefficient (Wildman–Crippen LogP) is 5.35. The van der Waals surface area contributed by atoms with E-state index in [4.69, 9.17) is 27.9 Å². The topological polar surface area (TPSA) is 60.7 Å². The number of nitrogens with zero attached hydrogens (tertiary/aromatic N) is 2. The lowest BCUT2D eigenvalue weighted by Gasteiger charge is -2.23. The van der Waals surface area contributed by atoms with Crippen molar-refractivity contribution in [2.24, 2.45) is 4.99 Å². The van der Waals surface area contributed by atoms with Gasteiger partial charge in [-0.25, -0.2) is 9.79 Å². The number of hydrogen-bond donors (Lipinski definition) is 0. The minimum atomic E-state index is -0.627. The molecule has 2 aromatic carbocycles. The van der Waals surface area contributed by atoms with Gasteiger partial charge >= 0.3 is 5.97 Å². The second-order valence-electron chi connectivity index (χ2n) is 7.82. The van der Waals surface area contributed by atoms with E-state index in [2.05, 4.69) is 4.99 Å². The number of carbonyl (C=O) groups excluding carboxylic acids is 1. The van der Waals surface area contributed by atoms with E-state index in [9.17, 15) is 9.59 Å². The van der Waals surface area contributed by atoms with E-state index in [1.165, 1.54) is 22.7 Å². The van der Waals surface area contributed by atoms with Gasteiger partial charge in [0, 0.05) is 14.9 Å². The molecule has 1 aliphatic rings. The molecule has 1 atom stereocenters. The molecule has 9 heteroatoms. The Bertz CT molecular complexity index is 1620. The number of thiophene rings is 1. The maximum absolute atomic E-state index is 13.6. The third kappa shape index (κ3) is 4.77.